The van der Waals surface area contributed by atoms with E-state index >= 15 is 0 Å². The van der Waals surface area contributed by atoms with Crippen LogP contribution in [-0.2, 0) is 82.8 Å². The first-order chi connectivity index (χ1) is 42.3. The molecule has 0 aromatic heterocycles. The summed E-state index contributed by atoms with van der Waals surface area (Å²) >= 11 is 0. The second-order valence-corrected chi connectivity index (χ2v) is 36.2. The third kappa shape index (κ3) is 27.3. The summed E-state index contributed by atoms with van der Waals surface area (Å²) in [5.41, 5.74) is 34.2. The zero-order chi connectivity index (χ0) is 64.7. The number of hydrogen-bond donors (Lipinski definition) is 1. The first kappa shape index (κ1) is 101. The van der Waals surface area contributed by atoms with Crippen LogP contribution in [0.3, 0.4) is 0 Å². The van der Waals surface area contributed by atoms with Gasteiger partial charge >= 0.3 is 78.4 Å². The minimum absolute atomic E-state index is 0. The first-order valence-corrected chi connectivity index (χ1v) is 40.0. The predicted octanol–water partition coefficient (Wildman–Crippen LogP) is 17.3. The Kier molecular flexibility index (Phi) is 49.8. The summed E-state index contributed by atoms with van der Waals surface area (Å²) in [6.45, 7) is 26.1. The fourth-order valence-corrected chi connectivity index (χ4v) is 22.7. The fraction of sp³-hybridized carbons (Fsp3) is 0.910. The largest absolute Gasteiger partial charge is 2.00 e. The predicted molar refractivity (Wildman–Crippen MR) is 394 cm³/mol. The van der Waals surface area contributed by atoms with Gasteiger partial charge in [-0.15, -0.1) is 6.42 Å². The molecule has 8 N–H and O–H groups in total. The second-order valence-electron chi connectivity index (χ2n) is 32.8. The van der Waals surface area contributed by atoms with Gasteiger partial charge in [0.1, 0.15) is 0 Å². The Morgan fingerprint density at radius 1 is 0.577 bits per heavy atom. The molecule has 0 heterocycles. The normalized spacial score (nSPS) is 36.1. The standard InChI is InChI=1S/C32H54O4S.C32H53O3S.2C6H12N2.CH4.CH3.FH.K.2H2O.2Pt/c1-22(2)7-6-8-23(3)27-11-12-28-26-10-9-24-21-25(36-18-20-37(35)19-15-30(33)34)13-16-31(24,4)29(26)14-17-32(27,28)5;1-23(2)8-6-9-24(3)28-12-13-29-27-11-10-25-22-26(35-19-21-36(34)20-7-18-33)14-16-31(25,4)30(27)15-17-32(28,29)5;2*7-5-3-1-2-4-6(5)8;;;;;;;;/h9,22-23,25-29H,6-8,10-21H2,1-5H3,(H,33,34);10,23-24,26-30H,6-9,11-17,19-22H2,1-5H3;2*5-8H,1-4H2;1H4;1H3;1H;;2*1H2;;/q;-1;2*-2;;-1;;+1;;;;+2/p-1/t23-,25+,26+,27-,28+,29+,31+,32-,37?;24-,26+,27+,28-,29+,30+,31+,32-,36?;2*5-,6-;;;;;;;;/m1111......../s1. The molecule has 0 aromatic rings. The van der Waals surface area contributed by atoms with Gasteiger partial charge in [0.05, 0.1) is 31.8 Å². The third-order valence-electron chi connectivity index (χ3n) is 26.4. The first-order valence-electron chi connectivity index (χ1n) is 37.1. The van der Waals surface area contributed by atoms with Crippen molar-refractivity contribution in [2.24, 2.45) is 92.7 Å². The molecule has 572 valence electrons. The van der Waals surface area contributed by atoms with Crippen LogP contribution >= 0.6 is 0 Å². The van der Waals surface area contributed by atoms with Crippen LogP contribution in [0.5, 0.6) is 0 Å². The Balaban J connectivity index is 0. The van der Waals surface area contributed by atoms with Crippen LogP contribution in [0.2, 0.25) is 0 Å². The molecular formula is C78H142FKN4O9Pt2S2-4. The number of carboxylic acid groups (broad SMARTS) is 1. The molecule has 0 bridgehead atoms. The van der Waals surface area contributed by atoms with Crippen molar-refractivity contribution in [2.75, 3.05) is 36.2 Å². The quantitative estimate of drug-likeness (QED) is 0.0550. The van der Waals surface area contributed by atoms with Crippen LogP contribution in [-0.4, -0.2) is 109 Å². The summed E-state index contributed by atoms with van der Waals surface area (Å²) in [5, 5.41) is 8.79. The molecule has 10 aliphatic rings. The molecule has 13 nitrogen and oxygen atoms in total. The van der Waals surface area contributed by atoms with E-state index in [1.807, 2.05) is 6.29 Å². The Bertz CT molecular complexity index is 2290. The number of ether oxygens (including phenoxy) is 2. The van der Waals surface area contributed by atoms with Gasteiger partial charge < -0.3 is 60.7 Å². The van der Waals surface area contributed by atoms with Crippen LogP contribution in [0, 0.1) is 100 Å². The molecule has 0 aliphatic heterocycles. The molecule has 8 saturated carbocycles. The number of fused-ring (bicyclic) bond motifs is 10. The Labute approximate surface area is 669 Å². The average molecular weight is 1790 g/mol. The molecule has 0 saturated heterocycles. The number of allylic oxidation sites excluding steroid dienone is 2. The minimum Gasteiger partial charge on any atom is -0.870 e. The van der Waals surface area contributed by atoms with Crippen LogP contribution in [0.15, 0.2) is 23.3 Å². The summed E-state index contributed by atoms with van der Waals surface area (Å²) in [7, 11) is -2.07. The Morgan fingerprint density at radius 3 is 1.27 bits per heavy atom. The maximum absolute atomic E-state index is 12.0. The number of carbonyl (C=O) groups excluding carboxylic acids is 1. The topological polar surface area (TPSA) is 264 Å². The maximum Gasteiger partial charge on any atom is 2.00 e. The zero-order valence-corrected chi connectivity index (χ0v) is 71.4. The van der Waals surface area contributed by atoms with Gasteiger partial charge in [0.2, 0.25) is 0 Å². The number of carboxylic acids is 1. The number of halogens is 1. The molecule has 0 amide bonds. The van der Waals surface area contributed by atoms with Gasteiger partial charge in [0, 0.05) is 59.9 Å². The summed E-state index contributed by atoms with van der Waals surface area (Å²) in [6.07, 6.45) is 45.5. The monoisotopic (exact) mass is 1790 g/mol. The van der Waals surface area contributed by atoms with Gasteiger partial charge in [-0.1, -0.05) is 190 Å². The minimum atomic E-state index is -1.10. The van der Waals surface area contributed by atoms with Crippen molar-refractivity contribution in [2.45, 2.75) is 319 Å². The van der Waals surface area contributed by atoms with Crippen molar-refractivity contribution in [3.8, 4) is 0 Å². The van der Waals surface area contributed by atoms with Crippen molar-refractivity contribution in [1.29, 1.82) is 0 Å². The molecule has 0 radical (unpaired) electrons. The van der Waals surface area contributed by atoms with Gasteiger partial charge in [-0.2, -0.15) is 24.2 Å². The summed E-state index contributed by atoms with van der Waals surface area (Å²) < 4.78 is 36.4. The zero-order valence-electron chi connectivity index (χ0n) is 62.1. The van der Waals surface area contributed by atoms with Crippen LogP contribution in [0.4, 0.5) is 4.70 Å². The fourth-order valence-electron chi connectivity index (χ4n) is 21.0. The van der Waals surface area contributed by atoms with Crippen molar-refractivity contribution in [1.82, 2.24) is 0 Å². The van der Waals surface area contributed by atoms with Crippen molar-refractivity contribution < 1.29 is 142 Å². The van der Waals surface area contributed by atoms with Gasteiger partial charge in [0.15, 0.2) is 0 Å². The molecule has 2 unspecified atom stereocenters. The van der Waals surface area contributed by atoms with E-state index in [0.717, 1.165) is 122 Å². The van der Waals surface area contributed by atoms with Crippen molar-refractivity contribution >= 4 is 33.9 Å². The van der Waals surface area contributed by atoms with E-state index in [2.05, 4.69) is 81.4 Å². The van der Waals surface area contributed by atoms with Crippen molar-refractivity contribution in [3.63, 3.8) is 0 Å². The molecule has 0 spiro atoms. The van der Waals surface area contributed by atoms with Gasteiger partial charge in [-0.25, -0.2) is 0 Å². The van der Waals surface area contributed by atoms with E-state index in [1.54, 1.807) is 11.1 Å². The third-order valence-corrected chi connectivity index (χ3v) is 28.9. The van der Waals surface area contributed by atoms with E-state index in [-0.39, 0.29) is 179 Å². The molecule has 10 aliphatic carbocycles. The SMILES string of the molecule is C.CC(C)CCC[C@@H](C)[C@H]1CC[C@H]2[C@@H]3CC=C4C[C@@H](OCCS(=O)CCC(=O)O)CC[C@]4(C)[C@H]3CC[C@]12C.CC(C)CCC[C@@H](C)[C@H]1CC[C@H]2[C@@H]3CC=C4C[C@@H](OCCS(=O)CC[C-]=O)CC[C@]4(C)[C@H]3CC[C@]12C.F.O.[CH3-].[K+].[NH-][C@@H]1CCCC[C@H]1[NH-].[NH-][C@@H]1CCCC[C@H]1[NH-].[OH-].[Pt+2].[Pt]. The van der Waals surface area contributed by atoms with Crippen LogP contribution < -0.4 is 51.4 Å². The number of rotatable bonds is 24. The van der Waals surface area contributed by atoms with Gasteiger partial charge in [0.25, 0.3) is 0 Å². The summed E-state index contributed by atoms with van der Waals surface area (Å²) in [4.78, 5) is 21.1. The van der Waals surface area contributed by atoms with Crippen LogP contribution in [0.1, 0.15) is 282 Å². The van der Waals surface area contributed by atoms with E-state index in [9.17, 15) is 18.0 Å². The molecule has 19 heteroatoms. The second kappa shape index (κ2) is 48.1. The smallest absolute Gasteiger partial charge is 0.870 e. The Hall–Kier alpha value is 1.54. The molecule has 8 fully saturated rings. The van der Waals surface area contributed by atoms with E-state index in [4.69, 9.17) is 37.5 Å². The average Bonchev–Trinajstić information content (AvgIpc) is 1.71. The van der Waals surface area contributed by atoms with E-state index in [1.165, 1.54) is 141 Å². The maximum atomic E-state index is 12.0. The number of carbonyl (C=O) groups is 1. The molecule has 0 aromatic carbocycles. The molecule has 22 atom stereocenters. The molecular weight excluding hydrogens is 1650 g/mol. The molecule has 10 rings (SSSR count). The van der Waals surface area contributed by atoms with E-state index in [0.29, 0.717) is 52.1 Å². The van der Waals surface area contributed by atoms with Crippen molar-refractivity contribution in [3.05, 3.63) is 53.7 Å². The summed E-state index contributed by atoms with van der Waals surface area (Å²) in [6, 6.07) is -0.319. The van der Waals surface area contributed by atoms with Gasteiger partial charge in [-0.05, 0) is 201 Å². The van der Waals surface area contributed by atoms with Crippen LogP contribution in [0.25, 0.3) is 22.9 Å². The summed E-state index contributed by atoms with van der Waals surface area (Å²) in [5.74, 6) is 11.2. The molecule has 97 heavy (non-hydrogen) atoms. The number of nitrogens with one attached hydrogen (secondary N) is 4. The number of aliphatic carboxylic acids is 1. The van der Waals surface area contributed by atoms with Gasteiger partial charge in [-0.3, -0.25) is 24.2 Å². The van der Waals surface area contributed by atoms with E-state index < -0.39 is 27.6 Å². The number of hydrogen-bond acceptors (Lipinski definition) is 7. The Morgan fingerprint density at radius 2 is 0.938 bits per heavy atom.